The number of benzene rings is 1. The van der Waals surface area contributed by atoms with E-state index in [1.54, 1.807) is 31.2 Å². The molecule has 1 heterocycles. The summed E-state index contributed by atoms with van der Waals surface area (Å²) in [6, 6.07) is 6.87. The lowest BCUT2D eigenvalue weighted by Crippen LogP contribution is -2.19. The van der Waals surface area contributed by atoms with Crippen LogP contribution in [-0.2, 0) is 11.2 Å². The second-order valence-corrected chi connectivity index (χ2v) is 5.16. The Kier molecular flexibility index (Phi) is 4.93. The van der Waals surface area contributed by atoms with E-state index in [0.717, 1.165) is 17.0 Å². The molecule has 2 aromatic rings. The molecule has 0 aliphatic rings. The number of carbonyl (C=O) groups is 1. The van der Waals surface area contributed by atoms with Gasteiger partial charge in [-0.1, -0.05) is 12.1 Å². The predicted octanol–water partition coefficient (Wildman–Crippen LogP) is 2.21. The first-order valence-electron chi connectivity index (χ1n) is 7.11. The van der Waals surface area contributed by atoms with Crippen molar-refractivity contribution in [2.45, 2.75) is 33.6 Å². The number of hydrogen-bond donors (Lipinski definition) is 3. The fourth-order valence-electron chi connectivity index (χ4n) is 2.22. The number of hydrogen-bond acceptors (Lipinski definition) is 4. The van der Waals surface area contributed by atoms with E-state index in [-0.39, 0.29) is 11.7 Å². The highest BCUT2D eigenvalue weighted by Crippen LogP contribution is 2.16. The van der Waals surface area contributed by atoms with Gasteiger partial charge in [0.2, 0.25) is 5.91 Å². The predicted molar refractivity (Wildman–Crippen MR) is 84.8 cm³/mol. The number of aromatic hydroxyl groups is 1. The van der Waals surface area contributed by atoms with E-state index < -0.39 is 0 Å². The molecule has 1 aromatic carbocycles. The number of phenolic OH excluding ortho intramolecular Hbond substituents is 1. The normalized spacial score (nSPS) is 11.5. The number of H-pyrrole nitrogens is 1. The summed E-state index contributed by atoms with van der Waals surface area (Å²) >= 11 is 0. The van der Waals surface area contributed by atoms with Crippen LogP contribution in [0.5, 0.6) is 5.75 Å². The van der Waals surface area contributed by atoms with Crippen LogP contribution in [0, 0.1) is 13.8 Å². The van der Waals surface area contributed by atoms with Crippen LogP contribution >= 0.6 is 0 Å². The van der Waals surface area contributed by atoms with Gasteiger partial charge in [0.05, 0.1) is 11.4 Å². The highest BCUT2D eigenvalue weighted by Gasteiger charge is 2.09. The van der Waals surface area contributed by atoms with Crippen molar-refractivity contribution in [3.05, 3.63) is 46.8 Å². The van der Waals surface area contributed by atoms with E-state index in [0.29, 0.717) is 24.1 Å². The molecule has 0 fully saturated rings. The van der Waals surface area contributed by atoms with Crippen molar-refractivity contribution in [3.8, 4) is 5.75 Å². The van der Waals surface area contributed by atoms with Gasteiger partial charge >= 0.3 is 0 Å². The Balaban J connectivity index is 1.93. The maximum Gasteiger partial charge on any atom is 0.240 e. The molecule has 0 radical (unpaired) electrons. The summed E-state index contributed by atoms with van der Waals surface area (Å²) in [6.07, 6.45) is 0.948. The first-order chi connectivity index (χ1) is 10.5. The van der Waals surface area contributed by atoms with Crippen molar-refractivity contribution in [2.24, 2.45) is 5.10 Å². The van der Waals surface area contributed by atoms with Gasteiger partial charge in [0.25, 0.3) is 0 Å². The van der Waals surface area contributed by atoms with Crippen molar-refractivity contribution >= 4 is 11.6 Å². The van der Waals surface area contributed by atoms with Crippen LogP contribution in [-0.4, -0.2) is 26.9 Å². The van der Waals surface area contributed by atoms with E-state index in [2.05, 4.69) is 20.7 Å². The van der Waals surface area contributed by atoms with E-state index in [9.17, 15) is 9.90 Å². The zero-order chi connectivity index (χ0) is 16.1. The number of aromatic amines is 1. The molecule has 0 spiro atoms. The van der Waals surface area contributed by atoms with Gasteiger partial charge in [-0.15, -0.1) is 0 Å². The maximum atomic E-state index is 11.9. The van der Waals surface area contributed by atoms with E-state index in [4.69, 9.17) is 0 Å². The van der Waals surface area contributed by atoms with E-state index in [1.807, 2.05) is 13.8 Å². The first-order valence-corrected chi connectivity index (χ1v) is 7.11. The van der Waals surface area contributed by atoms with Gasteiger partial charge < -0.3 is 5.11 Å². The molecule has 0 saturated carbocycles. The van der Waals surface area contributed by atoms with Crippen LogP contribution in [0.1, 0.15) is 35.9 Å². The molecule has 22 heavy (non-hydrogen) atoms. The molecule has 3 N–H and O–H groups in total. The molecule has 2 rings (SSSR count). The van der Waals surface area contributed by atoms with Crippen molar-refractivity contribution in [1.82, 2.24) is 15.6 Å². The smallest absolute Gasteiger partial charge is 0.240 e. The Morgan fingerprint density at radius 2 is 2.09 bits per heavy atom. The average molecular weight is 300 g/mol. The summed E-state index contributed by atoms with van der Waals surface area (Å²) in [4.78, 5) is 11.9. The quantitative estimate of drug-likeness (QED) is 0.584. The fraction of sp³-hybridized carbons (Fsp3) is 0.312. The van der Waals surface area contributed by atoms with Crippen LogP contribution in [0.4, 0.5) is 0 Å². The number of nitrogens with one attached hydrogen (secondary N) is 2. The van der Waals surface area contributed by atoms with Crippen molar-refractivity contribution < 1.29 is 9.90 Å². The topological polar surface area (TPSA) is 90.4 Å². The standard InChI is InChI=1S/C16H20N4O2/c1-10-13(11(2)18-17-10)8-9-16(22)20-19-12(3)14-6-4-5-7-15(14)21/h4-7,21H,8-9H2,1-3H3,(H,17,18)(H,20,22)/b19-12-. The minimum absolute atomic E-state index is 0.141. The molecular weight excluding hydrogens is 280 g/mol. The number of nitrogens with zero attached hydrogens (tertiary/aromatic N) is 2. The van der Waals surface area contributed by atoms with Gasteiger partial charge in [0, 0.05) is 17.7 Å². The fourth-order valence-corrected chi connectivity index (χ4v) is 2.22. The summed E-state index contributed by atoms with van der Waals surface area (Å²) in [6.45, 7) is 5.59. The van der Waals surface area contributed by atoms with E-state index >= 15 is 0 Å². The minimum Gasteiger partial charge on any atom is -0.507 e. The summed E-state index contributed by atoms with van der Waals surface area (Å²) in [5.74, 6) is -0.0302. The number of hydrazone groups is 1. The molecule has 1 amide bonds. The molecule has 0 bridgehead atoms. The van der Waals surface area contributed by atoms with Crippen molar-refractivity contribution in [3.63, 3.8) is 0 Å². The highest BCUT2D eigenvalue weighted by atomic mass is 16.3. The van der Waals surface area contributed by atoms with Gasteiger partial charge in [0.1, 0.15) is 5.75 Å². The van der Waals surface area contributed by atoms with Gasteiger partial charge in [0.15, 0.2) is 0 Å². The Morgan fingerprint density at radius 3 is 2.73 bits per heavy atom. The lowest BCUT2D eigenvalue weighted by molar-refractivity contribution is -0.121. The molecule has 0 atom stereocenters. The number of carbonyl (C=O) groups excluding carboxylic acids is 1. The lowest BCUT2D eigenvalue weighted by Gasteiger charge is -2.05. The SMILES string of the molecule is C/C(=N/NC(=O)CCc1c(C)n[nH]c1C)c1ccccc1O. The zero-order valence-corrected chi connectivity index (χ0v) is 13.0. The monoisotopic (exact) mass is 300 g/mol. The van der Waals surface area contributed by atoms with Crippen LogP contribution in [0.15, 0.2) is 29.4 Å². The van der Waals surface area contributed by atoms with Crippen LogP contribution in [0.25, 0.3) is 0 Å². The molecule has 116 valence electrons. The molecule has 0 unspecified atom stereocenters. The molecule has 0 aliphatic carbocycles. The number of amides is 1. The summed E-state index contributed by atoms with van der Waals surface area (Å²) < 4.78 is 0. The second-order valence-electron chi connectivity index (χ2n) is 5.16. The Bertz CT molecular complexity index is 684. The van der Waals surface area contributed by atoms with Crippen LogP contribution in [0.2, 0.25) is 0 Å². The van der Waals surface area contributed by atoms with Crippen molar-refractivity contribution in [2.75, 3.05) is 0 Å². The largest absolute Gasteiger partial charge is 0.507 e. The molecule has 1 aromatic heterocycles. The van der Waals surface area contributed by atoms with Gasteiger partial charge in [-0.05, 0) is 44.9 Å². The lowest BCUT2D eigenvalue weighted by atomic mass is 10.1. The molecular formula is C16H20N4O2. The number of para-hydroxylation sites is 1. The van der Waals surface area contributed by atoms with Crippen LogP contribution in [0.3, 0.4) is 0 Å². The summed E-state index contributed by atoms with van der Waals surface area (Å²) in [5.41, 5.74) is 6.64. The van der Waals surface area contributed by atoms with Crippen LogP contribution < -0.4 is 5.43 Å². The van der Waals surface area contributed by atoms with Gasteiger partial charge in [-0.2, -0.15) is 10.2 Å². The molecule has 6 nitrogen and oxygen atoms in total. The van der Waals surface area contributed by atoms with Gasteiger partial charge in [-0.25, -0.2) is 5.43 Å². The summed E-state index contributed by atoms with van der Waals surface area (Å²) in [7, 11) is 0. The molecule has 0 saturated heterocycles. The maximum absolute atomic E-state index is 11.9. The third-order valence-corrected chi connectivity index (χ3v) is 3.52. The Labute approximate surface area is 129 Å². The van der Waals surface area contributed by atoms with Gasteiger partial charge in [-0.3, -0.25) is 9.89 Å². The Hall–Kier alpha value is -2.63. The minimum atomic E-state index is -0.172. The molecule has 6 heteroatoms. The zero-order valence-electron chi connectivity index (χ0n) is 13.0. The Morgan fingerprint density at radius 1 is 1.36 bits per heavy atom. The second kappa shape index (κ2) is 6.89. The number of aryl methyl sites for hydroxylation is 2. The van der Waals surface area contributed by atoms with Crippen molar-refractivity contribution in [1.29, 1.82) is 0 Å². The first kappa shape index (κ1) is 15.8. The third-order valence-electron chi connectivity index (χ3n) is 3.52. The molecule has 0 aliphatic heterocycles. The van der Waals surface area contributed by atoms with E-state index in [1.165, 1.54) is 0 Å². The highest BCUT2D eigenvalue weighted by molar-refractivity contribution is 6.01. The number of aromatic nitrogens is 2. The third kappa shape index (κ3) is 3.72. The summed E-state index contributed by atoms with van der Waals surface area (Å²) in [5, 5.41) is 20.8. The number of phenols is 1. The number of rotatable bonds is 5. The average Bonchev–Trinajstić information content (AvgIpc) is 2.82.